The Labute approximate surface area is 254 Å². The van der Waals surface area contributed by atoms with Gasteiger partial charge in [0, 0.05) is 0 Å². The van der Waals surface area contributed by atoms with Crippen LogP contribution in [0.1, 0.15) is 150 Å². The van der Waals surface area contributed by atoms with Gasteiger partial charge >= 0.3 is 11.9 Å². The van der Waals surface area contributed by atoms with Crippen LogP contribution in [0.25, 0.3) is 0 Å². The molecule has 0 atom stereocenters. The minimum absolute atomic E-state index is 0.0958. The van der Waals surface area contributed by atoms with Crippen molar-refractivity contribution in [3.8, 4) is 0 Å². The van der Waals surface area contributed by atoms with E-state index in [0.717, 1.165) is 83.1 Å². The van der Waals surface area contributed by atoms with Crippen LogP contribution in [-0.4, -0.2) is 38.1 Å². The zero-order valence-electron chi connectivity index (χ0n) is 26.0. The zero-order chi connectivity index (χ0) is 30.9. The highest BCUT2D eigenvalue weighted by Gasteiger charge is 2.28. The molecule has 0 aliphatic rings. The summed E-state index contributed by atoms with van der Waals surface area (Å²) in [6, 6.07) is 3.70. The van der Waals surface area contributed by atoms with E-state index in [0.29, 0.717) is 12.8 Å². The number of benzene rings is 1. The van der Waals surface area contributed by atoms with Crippen LogP contribution < -0.4 is 0 Å². The lowest BCUT2D eigenvalue weighted by Gasteiger charge is -2.13. The minimum Gasteiger partial charge on any atom is -0.462 e. The van der Waals surface area contributed by atoms with Gasteiger partial charge in [0.05, 0.1) is 24.3 Å². The van der Waals surface area contributed by atoms with Gasteiger partial charge in [-0.05, 0) is 63.5 Å². The van der Waals surface area contributed by atoms with Crippen LogP contribution in [-0.2, 0) is 19.6 Å². The number of ether oxygens (including phenoxy) is 2. The first-order valence-corrected chi connectivity index (χ1v) is 17.5. The summed E-state index contributed by atoms with van der Waals surface area (Å²) in [4.78, 5) is 25.0. The molecule has 0 spiro atoms. The molecule has 0 saturated carbocycles. The highest BCUT2D eigenvalue weighted by molar-refractivity contribution is 7.86. The normalized spacial score (nSPS) is 11.9. The second-order valence-electron chi connectivity index (χ2n) is 10.8. The monoisotopic (exact) mass is 606 g/mol. The maximum absolute atomic E-state index is 12.9. The number of carbonyl (C=O) groups is 2. The van der Waals surface area contributed by atoms with E-state index >= 15 is 0 Å². The zero-order valence-corrected chi connectivity index (χ0v) is 26.8. The lowest BCUT2D eigenvalue weighted by Crippen LogP contribution is -2.19. The van der Waals surface area contributed by atoms with Crippen molar-refractivity contribution in [3.63, 3.8) is 0 Å². The van der Waals surface area contributed by atoms with Crippen molar-refractivity contribution < 1.29 is 32.0 Å². The van der Waals surface area contributed by atoms with Crippen LogP contribution in [0.15, 0.2) is 47.4 Å². The van der Waals surface area contributed by atoms with E-state index in [2.05, 4.69) is 38.2 Å². The summed E-state index contributed by atoms with van der Waals surface area (Å²) in [6.45, 7) is 4.63. The van der Waals surface area contributed by atoms with Crippen molar-refractivity contribution in [2.24, 2.45) is 0 Å². The van der Waals surface area contributed by atoms with E-state index in [1.54, 1.807) is 0 Å². The predicted octanol–water partition coefficient (Wildman–Crippen LogP) is 9.42. The summed E-state index contributed by atoms with van der Waals surface area (Å²) in [5.74, 6) is -1.77. The van der Waals surface area contributed by atoms with E-state index in [1.165, 1.54) is 37.8 Å². The van der Waals surface area contributed by atoms with E-state index < -0.39 is 32.5 Å². The molecule has 0 fully saturated rings. The van der Waals surface area contributed by atoms with Crippen molar-refractivity contribution >= 4 is 22.1 Å². The Hall–Kier alpha value is -2.45. The first-order chi connectivity index (χ1) is 20.3. The Balaban J connectivity index is 2.47. The molecule has 0 aliphatic carbocycles. The average molecular weight is 607 g/mol. The highest BCUT2D eigenvalue weighted by atomic mass is 32.2. The maximum atomic E-state index is 12.9. The summed E-state index contributed by atoms with van der Waals surface area (Å²) in [7, 11) is -4.76. The van der Waals surface area contributed by atoms with E-state index in [-0.39, 0.29) is 18.8 Å². The molecular formula is C34H54O7S. The fourth-order valence-corrected chi connectivity index (χ4v) is 5.21. The Kier molecular flexibility index (Phi) is 21.5. The molecule has 1 N–H and O–H groups in total. The molecular weight excluding hydrogens is 552 g/mol. The molecule has 0 saturated heterocycles. The maximum Gasteiger partial charge on any atom is 0.340 e. The molecule has 42 heavy (non-hydrogen) atoms. The Morgan fingerprint density at radius 2 is 1.07 bits per heavy atom. The number of esters is 2. The van der Waals surface area contributed by atoms with Crippen LogP contribution in [0.3, 0.4) is 0 Å². The van der Waals surface area contributed by atoms with Crippen molar-refractivity contribution in [3.05, 3.63) is 53.6 Å². The number of carbonyl (C=O) groups excluding carboxylic acids is 2. The Bertz CT molecular complexity index is 1040. The summed E-state index contributed by atoms with van der Waals surface area (Å²) >= 11 is 0. The van der Waals surface area contributed by atoms with Gasteiger partial charge in [0.1, 0.15) is 4.90 Å². The van der Waals surface area contributed by atoms with Crippen molar-refractivity contribution in [1.82, 2.24) is 0 Å². The van der Waals surface area contributed by atoms with Gasteiger partial charge in [0.15, 0.2) is 0 Å². The fourth-order valence-electron chi connectivity index (χ4n) is 4.51. The molecule has 0 radical (unpaired) electrons. The molecule has 238 valence electrons. The fraction of sp³-hybridized carbons (Fsp3) is 0.647. The standard InChI is InChI=1S/C34H54O7S/c1-3-5-7-9-11-13-15-17-19-21-23-28-40-33(35)30-26-25-27-31(42(37,38)39)32(30)34(36)41-29-24-22-20-18-16-14-12-10-8-6-4-2/h9-12,25-27H,3-8,13-24,28-29H2,1-2H3,(H,37,38,39)/b11-9+,12-10+. The smallest absolute Gasteiger partial charge is 0.340 e. The molecule has 0 aliphatic heterocycles. The molecule has 1 aromatic carbocycles. The second kappa shape index (κ2) is 24.0. The number of allylic oxidation sites excluding steroid dienone is 4. The number of rotatable bonds is 25. The lowest BCUT2D eigenvalue weighted by molar-refractivity contribution is 0.0446. The van der Waals surface area contributed by atoms with Gasteiger partial charge in [-0.1, -0.05) is 108 Å². The predicted molar refractivity (Wildman–Crippen MR) is 170 cm³/mol. The molecule has 8 heteroatoms. The Morgan fingerprint density at radius 3 is 1.55 bits per heavy atom. The van der Waals surface area contributed by atoms with Gasteiger partial charge in [-0.3, -0.25) is 4.55 Å². The molecule has 0 unspecified atom stereocenters. The van der Waals surface area contributed by atoms with Crippen LogP contribution in [0.4, 0.5) is 0 Å². The van der Waals surface area contributed by atoms with Gasteiger partial charge in [-0.25, -0.2) is 9.59 Å². The van der Waals surface area contributed by atoms with Gasteiger partial charge in [0.25, 0.3) is 10.1 Å². The molecule has 0 aromatic heterocycles. The molecule has 1 aromatic rings. The quantitative estimate of drug-likeness (QED) is 0.0511. The summed E-state index contributed by atoms with van der Waals surface area (Å²) < 4.78 is 44.3. The number of hydrogen-bond donors (Lipinski definition) is 1. The first kappa shape index (κ1) is 37.6. The first-order valence-electron chi connectivity index (χ1n) is 16.1. The number of hydrogen-bond acceptors (Lipinski definition) is 6. The van der Waals surface area contributed by atoms with Gasteiger partial charge in [-0.15, -0.1) is 0 Å². The topological polar surface area (TPSA) is 107 Å². The van der Waals surface area contributed by atoms with Crippen molar-refractivity contribution in [2.45, 2.75) is 134 Å². The van der Waals surface area contributed by atoms with E-state index in [4.69, 9.17) is 9.47 Å². The van der Waals surface area contributed by atoms with Gasteiger partial charge < -0.3 is 9.47 Å². The third-order valence-electron chi connectivity index (χ3n) is 7.01. The van der Waals surface area contributed by atoms with Crippen LogP contribution in [0.2, 0.25) is 0 Å². The largest absolute Gasteiger partial charge is 0.462 e. The third kappa shape index (κ3) is 17.5. The summed E-state index contributed by atoms with van der Waals surface area (Å²) in [5.41, 5.74) is -0.705. The average Bonchev–Trinajstić information content (AvgIpc) is 2.97. The van der Waals surface area contributed by atoms with Crippen molar-refractivity contribution in [1.29, 1.82) is 0 Å². The molecule has 7 nitrogen and oxygen atoms in total. The van der Waals surface area contributed by atoms with Gasteiger partial charge in [0.2, 0.25) is 0 Å². The molecule has 1 rings (SSSR count). The molecule has 0 bridgehead atoms. The van der Waals surface area contributed by atoms with Crippen molar-refractivity contribution in [2.75, 3.05) is 13.2 Å². The highest BCUT2D eigenvalue weighted by Crippen LogP contribution is 2.22. The molecule has 0 heterocycles. The summed E-state index contributed by atoms with van der Waals surface area (Å²) in [5, 5.41) is 0. The van der Waals surface area contributed by atoms with Crippen LogP contribution in [0, 0.1) is 0 Å². The van der Waals surface area contributed by atoms with Crippen LogP contribution >= 0.6 is 0 Å². The van der Waals surface area contributed by atoms with E-state index in [9.17, 15) is 22.6 Å². The third-order valence-corrected chi connectivity index (χ3v) is 7.90. The van der Waals surface area contributed by atoms with Gasteiger partial charge in [-0.2, -0.15) is 8.42 Å². The van der Waals surface area contributed by atoms with Crippen LogP contribution in [0.5, 0.6) is 0 Å². The Morgan fingerprint density at radius 1 is 0.643 bits per heavy atom. The second-order valence-corrected chi connectivity index (χ2v) is 12.2. The minimum atomic E-state index is -4.76. The number of unbranched alkanes of at least 4 members (excludes halogenated alkanes) is 14. The lowest BCUT2D eigenvalue weighted by atomic mass is 10.1. The SMILES string of the molecule is CCCC/C=C/CCCCCCCOC(=O)c1cccc(S(=O)(=O)O)c1C(=O)OCCCCCCC/C=C/CCCC. The summed E-state index contributed by atoms with van der Waals surface area (Å²) in [6.07, 6.45) is 27.9. The molecule has 0 amide bonds. The van der Waals surface area contributed by atoms with E-state index in [1.807, 2.05) is 0 Å².